The van der Waals surface area contributed by atoms with Gasteiger partial charge < -0.3 is 5.73 Å². The fraction of sp³-hybridized carbons (Fsp3) is 0.158. The lowest BCUT2D eigenvalue weighted by Crippen LogP contribution is -2.24. The van der Waals surface area contributed by atoms with Crippen LogP contribution in [-0.2, 0) is 10.0 Å². The molecule has 0 saturated heterocycles. The molecular formula is C19H19FN4O2S. The number of aromatic nitrogens is 2. The van der Waals surface area contributed by atoms with Crippen LogP contribution in [0.1, 0.15) is 13.3 Å². The number of nitrogens with one attached hydrogen (secondary N) is 1. The second-order valence-corrected chi connectivity index (χ2v) is 7.65. The van der Waals surface area contributed by atoms with Crippen molar-refractivity contribution in [2.75, 3.05) is 12.3 Å². The number of nitrogen functional groups attached to an aromatic ring is 1. The summed E-state index contributed by atoms with van der Waals surface area (Å²) >= 11 is 0. The second kappa shape index (κ2) is 7.81. The molecule has 27 heavy (non-hydrogen) atoms. The minimum Gasteiger partial charge on any atom is -0.382 e. The number of nitrogens with zero attached hydrogens (tertiary/aromatic N) is 2. The summed E-state index contributed by atoms with van der Waals surface area (Å²) in [5.74, 6) is -0.283. The zero-order valence-corrected chi connectivity index (χ0v) is 15.5. The summed E-state index contributed by atoms with van der Waals surface area (Å²) in [5.41, 5.74) is 6.99. The average molecular weight is 386 g/mol. The van der Waals surface area contributed by atoms with Crippen LogP contribution >= 0.6 is 0 Å². The molecule has 3 aromatic rings. The zero-order valence-electron chi connectivity index (χ0n) is 14.7. The predicted octanol–water partition coefficient (Wildman–Crippen LogP) is 3.22. The molecule has 0 unspecified atom stereocenters. The lowest BCUT2D eigenvalue weighted by Gasteiger charge is -2.12. The van der Waals surface area contributed by atoms with Gasteiger partial charge in [0.05, 0.1) is 23.0 Å². The lowest BCUT2D eigenvalue weighted by atomic mass is 10.0. The van der Waals surface area contributed by atoms with Crippen molar-refractivity contribution < 1.29 is 12.8 Å². The number of halogens is 1. The maximum absolute atomic E-state index is 14.7. The monoisotopic (exact) mass is 386 g/mol. The Morgan fingerprint density at radius 2 is 1.85 bits per heavy atom. The predicted molar refractivity (Wildman–Crippen MR) is 103 cm³/mol. The maximum Gasteiger partial charge on any atom is 0.241 e. The Bertz CT molecular complexity index is 1050. The van der Waals surface area contributed by atoms with Gasteiger partial charge in [-0.15, -0.1) is 0 Å². The topological polar surface area (TPSA) is 98.0 Å². The number of nitrogens with two attached hydrogens (primary N) is 1. The highest BCUT2D eigenvalue weighted by molar-refractivity contribution is 7.89. The van der Waals surface area contributed by atoms with Gasteiger partial charge in [-0.25, -0.2) is 22.5 Å². The summed E-state index contributed by atoms with van der Waals surface area (Å²) in [5, 5.41) is 0. The number of hydrogen-bond acceptors (Lipinski definition) is 5. The minimum absolute atomic E-state index is 0.109. The second-order valence-electron chi connectivity index (χ2n) is 5.92. The number of sulfonamides is 1. The normalized spacial score (nSPS) is 11.5. The summed E-state index contributed by atoms with van der Waals surface area (Å²) in [4.78, 5) is 8.09. The average Bonchev–Trinajstić information content (AvgIpc) is 2.67. The van der Waals surface area contributed by atoms with Gasteiger partial charge in [-0.05, 0) is 30.2 Å². The number of rotatable bonds is 6. The van der Waals surface area contributed by atoms with Crippen LogP contribution in [-0.4, -0.2) is 24.9 Å². The van der Waals surface area contributed by atoms with Crippen LogP contribution in [0.25, 0.3) is 22.4 Å². The van der Waals surface area contributed by atoms with E-state index in [4.69, 9.17) is 5.73 Å². The van der Waals surface area contributed by atoms with Gasteiger partial charge in [0.25, 0.3) is 0 Å². The van der Waals surface area contributed by atoms with Crippen LogP contribution in [0.2, 0.25) is 0 Å². The quantitative estimate of drug-likeness (QED) is 0.678. The standard InChI is InChI=1S/C19H19FN4O2S/c1-2-9-24-27(25,26)18-6-4-3-5-14(18)13-7-8-15(16(20)10-13)17-11-23-19(21)12-22-17/h3-8,10-12,24H,2,9H2,1H3,(H2,21,23). The van der Waals surface area contributed by atoms with E-state index < -0.39 is 15.8 Å². The van der Waals surface area contributed by atoms with Crippen LogP contribution in [0.3, 0.4) is 0 Å². The third-order valence-corrected chi connectivity index (χ3v) is 5.47. The van der Waals surface area contributed by atoms with Crippen LogP contribution in [0.4, 0.5) is 10.2 Å². The Kier molecular flexibility index (Phi) is 5.48. The summed E-state index contributed by atoms with van der Waals surface area (Å²) in [7, 11) is -3.69. The molecule has 6 nitrogen and oxygen atoms in total. The zero-order chi connectivity index (χ0) is 19.4. The Hall–Kier alpha value is -2.84. The molecule has 0 aliphatic carbocycles. The van der Waals surface area contributed by atoms with Crippen LogP contribution in [0.5, 0.6) is 0 Å². The van der Waals surface area contributed by atoms with E-state index in [1.807, 2.05) is 6.92 Å². The Morgan fingerprint density at radius 3 is 2.52 bits per heavy atom. The van der Waals surface area contributed by atoms with Gasteiger partial charge in [-0.2, -0.15) is 0 Å². The molecule has 0 atom stereocenters. The van der Waals surface area contributed by atoms with Gasteiger partial charge in [0.15, 0.2) is 0 Å². The maximum atomic E-state index is 14.7. The third kappa shape index (κ3) is 4.12. The molecule has 0 radical (unpaired) electrons. The number of hydrogen-bond donors (Lipinski definition) is 2. The van der Waals surface area contributed by atoms with E-state index in [-0.39, 0.29) is 16.3 Å². The van der Waals surface area contributed by atoms with Crippen molar-refractivity contribution in [3.8, 4) is 22.4 Å². The van der Waals surface area contributed by atoms with E-state index in [0.717, 1.165) is 0 Å². The van der Waals surface area contributed by atoms with E-state index >= 15 is 0 Å². The molecule has 0 saturated carbocycles. The van der Waals surface area contributed by atoms with Gasteiger partial charge in [-0.3, -0.25) is 4.98 Å². The van der Waals surface area contributed by atoms with Crippen LogP contribution in [0, 0.1) is 5.82 Å². The summed E-state index contributed by atoms with van der Waals surface area (Å²) in [6.45, 7) is 2.21. The molecule has 1 aromatic heterocycles. The van der Waals surface area contributed by atoms with E-state index in [9.17, 15) is 12.8 Å². The highest BCUT2D eigenvalue weighted by atomic mass is 32.2. The third-order valence-electron chi connectivity index (χ3n) is 3.95. The molecule has 0 spiro atoms. The molecule has 0 aliphatic rings. The highest BCUT2D eigenvalue weighted by Crippen LogP contribution is 2.30. The van der Waals surface area contributed by atoms with Crippen molar-refractivity contribution in [2.24, 2.45) is 0 Å². The van der Waals surface area contributed by atoms with E-state index in [1.165, 1.54) is 24.5 Å². The first kappa shape index (κ1) is 18.9. The van der Waals surface area contributed by atoms with Gasteiger partial charge >= 0.3 is 0 Å². The summed E-state index contributed by atoms with van der Waals surface area (Å²) in [6, 6.07) is 11.0. The molecule has 8 heteroatoms. The Morgan fingerprint density at radius 1 is 1.07 bits per heavy atom. The lowest BCUT2D eigenvalue weighted by molar-refractivity contribution is 0.581. The molecule has 3 rings (SSSR count). The first-order chi connectivity index (χ1) is 12.9. The van der Waals surface area contributed by atoms with Gasteiger partial charge in [-0.1, -0.05) is 31.2 Å². The molecule has 0 fully saturated rings. The Balaban J connectivity index is 2.03. The molecule has 0 aliphatic heterocycles. The van der Waals surface area contributed by atoms with E-state index in [0.29, 0.717) is 29.8 Å². The molecule has 3 N–H and O–H groups in total. The molecule has 140 valence electrons. The van der Waals surface area contributed by atoms with Crippen molar-refractivity contribution in [2.45, 2.75) is 18.2 Å². The van der Waals surface area contributed by atoms with Crippen molar-refractivity contribution in [3.05, 3.63) is 60.7 Å². The first-order valence-corrected chi connectivity index (χ1v) is 9.87. The van der Waals surface area contributed by atoms with Crippen molar-refractivity contribution in [1.82, 2.24) is 14.7 Å². The van der Waals surface area contributed by atoms with E-state index in [1.54, 1.807) is 30.3 Å². The number of benzene rings is 2. The smallest absolute Gasteiger partial charge is 0.241 e. The van der Waals surface area contributed by atoms with Gasteiger partial charge in [0.2, 0.25) is 10.0 Å². The van der Waals surface area contributed by atoms with Crippen LogP contribution < -0.4 is 10.5 Å². The summed E-state index contributed by atoms with van der Waals surface area (Å²) < 4.78 is 42.3. The molecule has 0 bridgehead atoms. The van der Waals surface area contributed by atoms with Crippen LogP contribution in [0.15, 0.2) is 59.8 Å². The molecule has 2 aromatic carbocycles. The largest absolute Gasteiger partial charge is 0.382 e. The van der Waals surface area contributed by atoms with Crippen molar-refractivity contribution in [1.29, 1.82) is 0 Å². The fourth-order valence-corrected chi connectivity index (χ4v) is 3.98. The molecule has 0 amide bonds. The van der Waals surface area contributed by atoms with E-state index in [2.05, 4.69) is 14.7 Å². The highest BCUT2D eigenvalue weighted by Gasteiger charge is 2.19. The van der Waals surface area contributed by atoms with Crippen molar-refractivity contribution >= 4 is 15.8 Å². The fourth-order valence-electron chi connectivity index (χ4n) is 2.62. The number of anilines is 1. The molecule has 1 heterocycles. The molecular weight excluding hydrogens is 367 g/mol. The SMILES string of the molecule is CCCNS(=O)(=O)c1ccccc1-c1ccc(-c2cnc(N)cn2)c(F)c1. The first-order valence-electron chi connectivity index (χ1n) is 8.39. The van der Waals surface area contributed by atoms with Gasteiger partial charge in [0, 0.05) is 17.7 Å². The van der Waals surface area contributed by atoms with Gasteiger partial charge in [0.1, 0.15) is 11.6 Å². The summed E-state index contributed by atoms with van der Waals surface area (Å²) in [6.07, 6.45) is 3.41. The Labute approximate surface area is 157 Å². The minimum atomic E-state index is -3.69. The van der Waals surface area contributed by atoms with Crippen molar-refractivity contribution in [3.63, 3.8) is 0 Å².